The standard InChI is InChI=1S/C15H19ClN2O2/c16-14-8-11(15(19)20)3-4-12(14)9-17-6-7-18-5-1-2-13(18)10-17/h3-4,8,13H,1-2,5-7,9-10H2,(H,19,20). The van der Waals surface area contributed by atoms with Gasteiger partial charge in [0.1, 0.15) is 0 Å². The molecule has 108 valence electrons. The van der Waals surface area contributed by atoms with Gasteiger partial charge in [-0.05, 0) is 37.1 Å². The highest BCUT2D eigenvalue weighted by molar-refractivity contribution is 6.31. The highest BCUT2D eigenvalue weighted by atomic mass is 35.5. The monoisotopic (exact) mass is 294 g/mol. The molecule has 1 N–H and O–H groups in total. The topological polar surface area (TPSA) is 43.8 Å². The number of carbonyl (C=O) groups is 1. The van der Waals surface area contributed by atoms with Crippen molar-refractivity contribution in [2.24, 2.45) is 0 Å². The molecule has 3 rings (SSSR count). The molecule has 0 aliphatic carbocycles. The second-order valence-corrected chi connectivity index (χ2v) is 6.09. The Morgan fingerprint density at radius 1 is 1.35 bits per heavy atom. The molecule has 0 saturated carbocycles. The Morgan fingerprint density at radius 3 is 2.95 bits per heavy atom. The van der Waals surface area contributed by atoms with E-state index in [9.17, 15) is 4.79 Å². The van der Waals surface area contributed by atoms with Gasteiger partial charge < -0.3 is 5.11 Å². The molecular weight excluding hydrogens is 276 g/mol. The van der Waals surface area contributed by atoms with E-state index in [1.165, 1.54) is 19.4 Å². The van der Waals surface area contributed by atoms with Crippen LogP contribution in [0.3, 0.4) is 0 Å². The van der Waals surface area contributed by atoms with E-state index in [0.29, 0.717) is 11.1 Å². The molecule has 2 fully saturated rings. The number of nitrogens with zero attached hydrogens (tertiary/aromatic N) is 2. The molecule has 0 spiro atoms. The number of hydrogen-bond donors (Lipinski definition) is 1. The molecule has 1 aromatic carbocycles. The average molecular weight is 295 g/mol. The Morgan fingerprint density at radius 2 is 2.20 bits per heavy atom. The van der Waals surface area contributed by atoms with Crippen molar-refractivity contribution >= 4 is 17.6 Å². The van der Waals surface area contributed by atoms with E-state index in [0.717, 1.165) is 31.7 Å². The van der Waals surface area contributed by atoms with Crippen molar-refractivity contribution in [2.45, 2.75) is 25.4 Å². The van der Waals surface area contributed by atoms with Crippen LogP contribution in [-0.2, 0) is 6.54 Å². The molecule has 20 heavy (non-hydrogen) atoms. The Bertz CT molecular complexity index is 521. The Labute approximate surface area is 123 Å². The summed E-state index contributed by atoms with van der Waals surface area (Å²) in [5.41, 5.74) is 1.27. The SMILES string of the molecule is O=C(O)c1ccc(CN2CCN3CCCC3C2)c(Cl)c1. The van der Waals surface area contributed by atoms with Gasteiger partial charge in [0.2, 0.25) is 0 Å². The van der Waals surface area contributed by atoms with Gasteiger partial charge in [0.25, 0.3) is 0 Å². The number of halogens is 1. The van der Waals surface area contributed by atoms with Crippen molar-refractivity contribution in [3.8, 4) is 0 Å². The Balaban J connectivity index is 1.67. The predicted octanol–water partition coefficient (Wildman–Crippen LogP) is 2.32. The van der Waals surface area contributed by atoms with E-state index < -0.39 is 5.97 Å². The van der Waals surface area contributed by atoms with Crippen LogP contribution in [0.2, 0.25) is 5.02 Å². The zero-order valence-corrected chi connectivity index (χ0v) is 12.1. The fraction of sp³-hybridized carbons (Fsp3) is 0.533. The number of carboxylic acids is 1. The lowest BCUT2D eigenvalue weighted by Gasteiger charge is -2.37. The van der Waals surface area contributed by atoms with Crippen LogP contribution in [0.25, 0.3) is 0 Å². The van der Waals surface area contributed by atoms with Gasteiger partial charge in [-0.3, -0.25) is 9.80 Å². The summed E-state index contributed by atoms with van der Waals surface area (Å²) >= 11 is 6.20. The third kappa shape index (κ3) is 2.82. The van der Waals surface area contributed by atoms with Crippen LogP contribution in [-0.4, -0.2) is 53.1 Å². The fourth-order valence-electron chi connectivity index (χ4n) is 3.25. The van der Waals surface area contributed by atoms with Gasteiger partial charge in [-0.25, -0.2) is 4.79 Å². The zero-order chi connectivity index (χ0) is 14.1. The summed E-state index contributed by atoms with van der Waals surface area (Å²) in [5.74, 6) is -0.932. The molecule has 2 aliphatic rings. The second kappa shape index (κ2) is 5.72. The van der Waals surface area contributed by atoms with E-state index >= 15 is 0 Å². The number of piperazine rings is 1. The van der Waals surface area contributed by atoms with E-state index in [1.807, 2.05) is 6.07 Å². The number of hydrogen-bond acceptors (Lipinski definition) is 3. The summed E-state index contributed by atoms with van der Waals surface area (Å²) in [4.78, 5) is 15.9. The molecule has 0 amide bonds. The van der Waals surface area contributed by atoms with Crippen LogP contribution < -0.4 is 0 Å². The van der Waals surface area contributed by atoms with Crippen molar-refractivity contribution in [1.29, 1.82) is 0 Å². The minimum Gasteiger partial charge on any atom is -0.478 e. The van der Waals surface area contributed by atoms with Crippen molar-refractivity contribution in [3.05, 3.63) is 34.3 Å². The Hall–Kier alpha value is -1.10. The third-order valence-corrected chi connectivity index (χ3v) is 4.72. The first-order valence-corrected chi connectivity index (χ1v) is 7.49. The molecule has 1 aromatic rings. The van der Waals surface area contributed by atoms with Crippen molar-refractivity contribution in [1.82, 2.24) is 9.80 Å². The largest absolute Gasteiger partial charge is 0.478 e. The molecule has 0 bridgehead atoms. The van der Waals surface area contributed by atoms with Crippen LogP contribution in [0, 0.1) is 0 Å². The Kier molecular flexibility index (Phi) is 3.96. The maximum Gasteiger partial charge on any atom is 0.335 e. The van der Waals surface area contributed by atoms with Crippen molar-refractivity contribution in [3.63, 3.8) is 0 Å². The summed E-state index contributed by atoms with van der Waals surface area (Å²) in [7, 11) is 0. The van der Waals surface area contributed by atoms with Crippen molar-refractivity contribution in [2.75, 3.05) is 26.2 Å². The molecule has 2 heterocycles. The van der Waals surface area contributed by atoms with Crippen LogP contribution in [0.4, 0.5) is 0 Å². The first-order valence-electron chi connectivity index (χ1n) is 7.11. The summed E-state index contributed by atoms with van der Waals surface area (Å²) in [6.45, 7) is 5.34. The number of benzene rings is 1. The highest BCUT2D eigenvalue weighted by Crippen LogP contribution is 2.25. The summed E-state index contributed by atoms with van der Waals surface area (Å²) in [6.07, 6.45) is 2.61. The van der Waals surface area contributed by atoms with Gasteiger partial charge in [0.05, 0.1) is 5.56 Å². The van der Waals surface area contributed by atoms with E-state index in [-0.39, 0.29) is 5.56 Å². The lowest BCUT2D eigenvalue weighted by atomic mass is 10.1. The van der Waals surface area contributed by atoms with E-state index in [4.69, 9.17) is 16.7 Å². The predicted molar refractivity (Wildman–Crippen MR) is 78.3 cm³/mol. The van der Waals surface area contributed by atoms with Crippen LogP contribution in [0.15, 0.2) is 18.2 Å². The van der Waals surface area contributed by atoms with Crippen LogP contribution in [0.1, 0.15) is 28.8 Å². The molecule has 0 aromatic heterocycles. The molecule has 0 radical (unpaired) electrons. The summed E-state index contributed by atoms with van der Waals surface area (Å²) in [5, 5.41) is 9.50. The molecular formula is C15H19ClN2O2. The van der Waals surface area contributed by atoms with Gasteiger partial charge in [-0.2, -0.15) is 0 Å². The van der Waals surface area contributed by atoms with E-state index in [1.54, 1.807) is 12.1 Å². The first kappa shape index (κ1) is 13.9. The quantitative estimate of drug-likeness (QED) is 0.929. The van der Waals surface area contributed by atoms with Gasteiger partial charge >= 0.3 is 5.97 Å². The molecule has 1 unspecified atom stereocenters. The first-order chi connectivity index (χ1) is 9.63. The van der Waals surface area contributed by atoms with Crippen LogP contribution in [0.5, 0.6) is 0 Å². The molecule has 4 nitrogen and oxygen atoms in total. The maximum absolute atomic E-state index is 10.9. The number of carboxylic acid groups (broad SMARTS) is 1. The van der Waals surface area contributed by atoms with Gasteiger partial charge in [-0.15, -0.1) is 0 Å². The molecule has 2 saturated heterocycles. The number of rotatable bonds is 3. The zero-order valence-electron chi connectivity index (χ0n) is 11.4. The maximum atomic E-state index is 10.9. The molecule has 2 aliphatic heterocycles. The van der Waals surface area contributed by atoms with Gasteiger partial charge in [0, 0.05) is 37.2 Å². The number of fused-ring (bicyclic) bond motifs is 1. The summed E-state index contributed by atoms with van der Waals surface area (Å²) in [6, 6.07) is 5.72. The minimum atomic E-state index is -0.932. The van der Waals surface area contributed by atoms with Gasteiger partial charge in [-0.1, -0.05) is 17.7 Å². The number of aromatic carboxylic acids is 1. The smallest absolute Gasteiger partial charge is 0.335 e. The normalized spacial score (nSPS) is 23.8. The summed E-state index contributed by atoms with van der Waals surface area (Å²) < 4.78 is 0. The highest BCUT2D eigenvalue weighted by Gasteiger charge is 2.30. The van der Waals surface area contributed by atoms with Crippen molar-refractivity contribution < 1.29 is 9.90 Å². The average Bonchev–Trinajstić information content (AvgIpc) is 2.88. The van der Waals surface area contributed by atoms with Gasteiger partial charge in [0.15, 0.2) is 0 Å². The lowest BCUT2D eigenvalue weighted by molar-refractivity contribution is 0.0697. The van der Waals surface area contributed by atoms with E-state index in [2.05, 4.69) is 9.80 Å². The molecule has 5 heteroatoms. The third-order valence-electron chi connectivity index (χ3n) is 4.37. The molecule has 1 atom stereocenters. The second-order valence-electron chi connectivity index (χ2n) is 5.68. The lowest BCUT2D eigenvalue weighted by Crippen LogP contribution is -2.49. The van der Waals surface area contributed by atoms with Crippen LogP contribution >= 0.6 is 11.6 Å². The minimum absolute atomic E-state index is 0.249. The fourth-order valence-corrected chi connectivity index (χ4v) is 3.49.